The zero-order valence-electron chi connectivity index (χ0n) is 14.8. The number of hydrogen-bond acceptors (Lipinski definition) is 4. The Kier molecular flexibility index (Phi) is 4.87. The number of nitrogens with zero attached hydrogens (tertiary/aromatic N) is 4. The summed E-state index contributed by atoms with van der Waals surface area (Å²) in [5, 5.41) is 4.88. The van der Waals surface area contributed by atoms with Crippen LogP contribution in [0.15, 0.2) is 24.3 Å². The third-order valence-corrected chi connectivity index (χ3v) is 5.62. The third-order valence-electron chi connectivity index (χ3n) is 5.19. The topological polar surface area (TPSA) is 39.7 Å². The molecule has 0 saturated carbocycles. The van der Waals surface area contributed by atoms with E-state index < -0.39 is 0 Å². The van der Waals surface area contributed by atoms with Gasteiger partial charge in [0.15, 0.2) is 6.67 Å². The molecule has 6 nitrogen and oxygen atoms in total. The maximum absolute atomic E-state index is 5.72. The van der Waals surface area contributed by atoms with Gasteiger partial charge in [-0.3, -0.25) is 4.57 Å². The average molecular weight is 361 g/mol. The highest BCUT2D eigenvalue weighted by molar-refractivity contribution is 7.71. The van der Waals surface area contributed by atoms with Crippen LogP contribution in [0.25, 0.3) is 0 Å². The molecule has 7 heteroatoms. The fourth-order valence-electron chi connectivity index (χ4n) is 3.80. The third kappa shape index (κ3) is 3.36. The van der Waals surface area contributed by atoms with Gasteiger partial charge >= 0.3 is 0 Å². The van der Waals surface area contributed by atoms with Crippen LogP contribution in [-0.2, 0) is 30.9 Å². The van der Waals surface area contributed by atoms with Crippen molar-refractivity contribution < 1.29 is 9.64 Å². The summed E-state index contributed by atoms with van der Waals surface area (Å²) in [6.07, 6.45) is 1.13. The predicted octanol–water partition coefficient (Wildman–Crippen LogP) is 0.869. The molecule has 1 fully saturated rings. The minimum Gasteiger partial charge on any atom is -0.378 e. The van der Waals surface area contributed by atoms with Gasteiger partial charge in [-0.05, 0) is 24.7 Å². The molecule has 1 saturated heterocycles. The van der Waals surface area contributed by atoms with Gasteiger partial charge in [0, 0.05) is 31.6 Å². The molecule has 0 bridgehead atoms. The second-order valence-electron chi connectivity index (χ2n) is 6.78. The molecular formula is C18H26N5OS+. The molecule has 1 N–H and O–H groups in total. The molecule has 0 radical (unpaired) electrons. The molecular weight excluding hydrogens is 334 g/mol. The lowest BCUT2D eigenvalue weighted by Crippen LogP contribution is -3.11. The summed E-state index contributed by atoms with van der Waals surface area (Å²) in [7, 11) is 0. The Hall–Kier alpha value is -1.70. The summed E-state index contributed by atoms with van der Waals surface area (Å²) in [6, 6.07) is 8.77. The van der Waals surface area contributed by atoms with Gasteiger partial charge in [0.05, 0.1) is 19.8 Å². The van der Waals surface area contributed by atoms with E-state index in [0.717, 1.165) is 69.7 Å². The largest absolute Gasteiger partial charge is 0.378 e. The molecule has 2 aliphatic heterocycles. The number of aromatic nitrogens is 3. The summed E-state index contributed by atoms with van der Waals surface area (Å²) >= 11 is 5.72. The monoisotopic (exact) mass is 360 g/mol. The molecule has 25 heavy (non-hydrogen) atoms. The van der Waals surface area contributed by atoms with Crippen molar-refractivity contribution in [3.63, 3.8) is 0 Å². The highest BCUT2D eigenvalue weighted by atomic mass is 32.1. The number of fused-ring (bicyclic) bond motifs is 1. The standard InChI is InChI=1S/C18H25N5OS/c1-2-22-17(21-9-11-24-12-10-21)19-23(18(22)25)14-20-8-7-15-5-3-4-6-16(15)13-20/h3-6H,2,7-14H2,1H3/p+1. The van der Waals surface area contributed by atoms with Crippen molar-refractivity contribution in [1.29, 1.82) is 0 Å². The molecule has 4 rings (SSSR count). The number of ether oxygens (including phenoxy) is 1. The molecule has 2 aromatic rings. The lowest BCUT2D eigenvalue weighted by Gasteiger charge is -2.27. The van der Waals surface area contributed by atoms with E-state index in [4.69, 9.17) is 22.1 Å². The smallest absolute Gasteiger partial charge is 0.226 e. The molecule has 1 atom stereocenters. The summed E-state index contributed by atoms with van der Waals surface area (Å²) in [6.45, 7) is 9.28. The first kappa shape index (κ1) is 16.8. The van der Waals surface area contributed by atoms with Crippen LogP contribution in [0.2, 0.25) is 0 Å². The number of hydrogen-bond donors (Lipinski definition) is 1. The number of quaternary nitrogens is 1. The Balaban J connectivity index is 1.55. The van der Waals surface area contributed by atoms with E-state index in [1.54, 1.807) is 0 Å². The molecule has 0 spiro atoms. The highest BCUT2D eigenvalue weighted by Crippen LogP contribution is 2.15. The van der Waals surface area contributed by atoms with Crippen molar-refractivity contribution in [3.8, 4) is 0 Å². The summed E-state index contributed by atoms with van der Waals surface area (Å²) in [5.74, 6) is 0.993. The number of rotatable bonds is 4. The van der Waals surface area contributed by atoms with Gasteiger partial charge in [0.1, 0.15) is 6.54 Å². The Labute approximate surface area is 153 Å². The van der Waals surface area contributed by atoms with Gasteiger partial charge in [-0.2, -0.15) is 4.68 Å². The summed E-state index contributed by atoms with van der Waals surface area (Å²) in [4.78, 5) is 3.81. The maximum Gasteiger partial charge on any atom is 0.226 e. The first-order valence-corrected chi connectivity index (χ1v) is 9.57. The minimum atomic E-state index is 0.761. The van der Waals surface area contributed by atoms with Crippen molar-refractivity contribution in [3.05, 3.63) is 40.2 Å². The lowest BCUT2D eigenvalue weighted by molar-refractivity contribution is -0.939. The zero-order valence-corrected chi connectivity index (χ0v) is 15.6. The molecule has 1 unspecified atom stereocenters. The Morgan fingerprint density at radius 3 is 2.72 bits per heavy atom. The van der Waals surface area contributed by atoms with Crippen molar-refractivity contribution in [1.82, 2.24) is 14.3 Å². The van der Waals surface area contributed by atoms with E-state index in [1.807, 2.05) is 4.68 Å². The Morgan fingerprint density at radius 2 is 1.96 bits per heavy atom. The van der Waals surface area contributed by atoms with E-state index in [9.17, 15) is 0 Å². The van der Waals surface area contributed by atoms with Crippen molar-refractivity contribution in [2.45, 2.75) is 33.1 Å². The number of nitrogens with one attached hydrogen (secondary N) is 1. The maximum atomic E-state index is 5.72. The Bertz CT molecular complexity index is 793. The SMILES string of the molecule is CCn1c(N2CCOCC2)nn(C[NH+]2CCc3ccccc3C2)c1=S. The molecule has 1 aromatic carbocycles. The second kappa shape index (κ2) is 7.27. The normalized spacial score (nSPS) is 20.5. The van der Waals surface area contributed by atoms with Crippen LogP contribution in [0.3, 0.4) is 0 Å². The number of morpholine rings is 1. The minimum absolute atomic E-state index is 0.761. The van der Waals surface area contributed by atoms with Gasteiger partial charge in [-0.25, -0.2) is 0 Å². The van der Waals surface area contributed by atoms with E-state index in [2.05, 4.69) is 40.7 Å². The van der Waals surface area contributed by atoms with Gasteiger partial charge in [0.2, 0.25) is 10.7 Å². The molecule has 1 aromatic heterocycles. The van der Waals surface area contributed by atoms with Crippen LogP contribution in [0.4, 0.5) is 5.95 Å². The fourth-order valence-corrected chi connectivity index (χ4v) is 4.11. The van der Waals surface area contributed by atoms with Gasteiger partial charge in [0.25, 0.3) is 0 Å². The van der Waals surface area contributed by atoms with Gasteiger partial charge in [-0.15, -0.1) is 5.10 Å². The molecule has 0 aliphatic carbocycles. The first-order chi connectivity index (χ1) is 12.3. The van der Waals surface area contributed by atoms with Crippen LogP contribution in [0.1, 0.15) is 18.1 Å². The average Bonchev–Trinajstić information content (AvgIpc) is 2.98. The number of anilines is 1. The summed E-state index contributed by atoms with van der Waals surface area (Å²) < 4.78 is 10.5. The van der Waals surface area contributed by atoms with Crippen LogP contribution in [0, 0.1) is 4.77 Å². The quantitative estimate of drug-likeness (QED) is 0.822. The highest BCUT2D eigenvalue weighted by Gasteiger charge is 2.23. The molecule has 3 heterocycles. The predicted molar refractivity (Wildman–Crippen MR) is 99.4 cm³/mol. The van der Waals surface area contributed by atoms with Gasteiger partial charge < -0.3 is 14.5 Å². The van der Waals surface area contributed by atoms with Crippen LogP contribution >= 0.6 is 12.2 Å². The van der Waals surface area contributed by atoms with Gasteiger partial charge in [-0.1, -0.05) is 24.3 Å². The zero-order chi connectivity index (χ0) is 17.2. The first-order valence-electron chi connectivity index (χ1n) is 9.17. The second-order valence-corrected chi connectivity index (χ2v) is 7.14. The van der Waals surface area contributed by atoms with E-state index in [-0.39, 0.29) is 0 Å². The molecule has 134 valence electrons. The Morgan fingerprint density at radius 1 is 1.20 bits per heavy atom. The number of benzene rings is 1. The van der Waals surface area contributed by atoms with Crippen molar-refractivity contribution in [2.24, 2.45) is 0 Å². The van der Waals surface area contributed by atoms with Crippen LogP contribution < -0.4 is 9.80 Å². The lowest BCUT2D eigenvalue weighted by atomic mass is 10.0. The van der Waals surface area contributed by atoms with E-state index in [1.165, 1.54) is 16.0 Å². The van der Waals surface area contributed by atoms with Crippen molar-refractivity contribution in [2.75, 3.05) is 37.7 Å². The van der Waals surface area contributed by atoms with Crippen LogP contribution in [-0.4, -0.2) is 47.2 Å². The van der Waals surface area contributed by atoms with Crippen molar-refractivity contribution >= 4 is 18.2 Å². The summed E-state index contributed by atoms with van der Waals surface area (Å²) in [5.41, 5.74) is 2.95. The fraction of sp³-hybridized carbons (Fsp3) is 0.556. The van der Waals surface area contributed by atoms with Crippen LogP contribution in [0.5, 0.6) is 0 Å². The molecule has 2 aliphatic rings. The van der Waals surface area contributed by atoms with E-state index in [0.29, 0.717) is 0 Å². The van der Waals surface area contributed by atoms with E-state index >= 15 is 0 Å². The molecule has 0 amide bonds.